The molecule has 21 heavy (non-hydrogen) atoms. The highest BCUT2D eigenvalue weighted by atomic mass is 16.6. The van der Waals surface area contributed by atoms with E-state index < -0.39 is 4.92 Å². The largest absolute Gasteiger partial charge is 0.434 e. The lowest BCUT2D eigenvalue weighted by atomic mass is 10.1. The van der Waals surface area contributed by atoms with E-state index in [1.165, 1.54) is 0 Å². The zero-order valence-electron chi connectivity index (χ0n) is 12.1. The summed E-state index contributed by atoms with van der Waals surface area (Å²) in [6.45, 7) is 6.35. The number of aromatic nitrogens is 2. The number of nitro groups is 1. The minimum atomic E-state index is -0.562. The van der Waals surface area contributed by atoms with Gasteiger partial charge in [-0.15, -0.1) is 0 Å². The zero-order valence-corrected chi connectivity index (χ0v) is 12.1. The molecule has 0 bridgehead atoms. The Morgan fingerprint density at radius 2 is 1.95 bits per heavy atom. The SMILES string of the molecule is CCNc1ncc([N+](=O)[O-])c(Oc2cc(C)cc(C)c2)n1. The maximum atomic E-state index is 11.0. The maximum absolute atomic E-state index is 11.0. The van der Waals surface area contributed by atoms with Crippen molar-refractivity contribution in [1.29, 1.82) is 0 Å². The molecule has 0 aliphatic heterocycles. The Hall–Kier alpha value is -2.70. The molecule has 7 nitrogen and oxygen atoms in total. The summed E-state index contributed by atoms with van der Waals surface area (Å²) in [5, 5.41) is 13.9. The fourth-order valence-corrected chi connectivity index (χ4v) is 1.91. The lowest BCUT2D eigenvalue weighted by Gasteiger charge is -2.08. The van der Waals surface area contributed by atoms with Crippen molar-refractivity contribution < 1.29 is 9.66 Å². The highest BCUT2D eigenvalue weighted by molar-refractivity contribution is 5.46. The number of hydrogen-bond acceptors (Lipinski definition) is 6. The molecule has 0 radical (unpaired) electrons. The highest BCUT2D eigenvalue weighted by Gasteiger charge is 2.19. The maximum Gasteiger partial charge on any atom is 0.349 e. The number of anilines is 1. The van der Waals surface area contributed by atoms with E-state index in [0.717, 1.165) is 17.3 Å². The molecule has 0 aliphatic carbocycles. The third-order valence-corrected chi connectivity index (χ3v) is 2.68. The van der Waals surface area contributed by atoms with Crippen LogP contribution in [0.1, 0.15) is 18.1 Å². The van der Waals surface area contributed by atoms with Gasteiger partial charge < -0.3 is 10.1 Å². The predicted molar refractivity (Wildman–Crippen MR) is 78.8 cm³/mol. The van der Waals surface area contributed by atoms with Gasteiger partial charge in [0.2, 0.25) is 5.95 Å². The molecule has 7 heteroatoms. The van der Waals surface area contributed by atoms with E-state index in [9.17, 15) is 10.1 Å². The Labute approximate surface area is 122 Å². The van der Waals surface area contributed by atoms with Crippen molar-refractivity contribution in [1.82, 2.24) is 9.97 Å². The van der Waals surface area contributed by atoms with Crippen molar-refractivity contribution in [2.24, 2.45) is 0 Å². The molecule has 0 saturated carbocycles. The second-order valence-electron chi connectivity index (χ2n) is 4.60. The summed E-state index contributed by atoms with van der Waals surface area (Å²) < 4.78 is 5.59. The zero-order chi connectivity index (χ0) is 15.4. The van der Waals surface area contributed by atoms with Crippen LogP contribution in [-0.4, -0.2) is 21.4 Å². The van der Waals surface area contributed by atoms with E-state index in [1.54, 1.807) is 12.1 Å². The Morgan fingerprint density at radius 3 is 2.52 bits per heavy atom. The van der Waals surface area contributed by atoms with Crippen LogP contribution in [0.15, 0.2) is 24.4 Å². The van der Waals surface area contributed by atoms with Gasteiger partial charge in [-0.3, -0.25) is 10.1 Å². The number of benzene rings is 1. The molecule has 1 aromatic heterocycles. The monoisotopic (exact) mass is 288 g/mol. The van der Waals surface area contributed by atoms with Gasteiger partial charge in [0.15, 0.2) is 0 Å². The fraction of sp³-hybridized carbons (Fsp3) is 0.286. The smallest absolute Gasteiger partial charge is 0.349 e. The van der Waals surface area contributed by atoms with Gasteiger partial charge in [0.05, 0.1) is 4.92 Å². The Balaban J connectivity index is 2.40. The van der Waals surface area contributed by atoms with Gasteiger partial charge in [-0.1, -0.05) is 6.07 Å². The first-order valence-electron chi connectivity index (χ1n) is 6.51. The molecule has 0 saturated heterocycles. The molecule has 1 aromatic carbocycles. The second-order valence-corrected chi connectivity index (χ2v) is 4.60. The van der Waals surface area contributed by atoms with Gasteiger partial charge in [-0.05, 0) is 44.0 Å². The number of hydrogen-bond donors (Lipinski definition) is 1. The molecule has 0 aliphatic rings. The van der Waals surface area contributed by atoms with E-state index >= 15 is 0 Å². The molecule has 2 aromatic rings. The number of nitrogens with one attached hydrogen (secondary N) is 1. The predicted octanol–water partition coefficient (Wildman–Crippen LogP) is 3.23. The van der Waals surface area contributed by atoms with Crippen molar-refractivity contribution in [3.8, 4) is 11.6 Å². The number of nitrogens with zero attached hydrogens (tertiary/aromatic N) is 3. The summed E-state index contributed by atoms with van der Waals surface area (Å²) >= 11 is 0. The van der Waals surface area contributed by atoms with Crippen LogP contribution in [0.2, 0.25) is 0 Å². The Morgan fingerprint density at radius 1 is 1.29 bits per heavy atom. The lowest BCUT2D eigenvalue weighted by molar-refractivity contribution is -0.386. The number of aryl methyl sites for hydroxylation is 2. The first kappa shape index (κ1) is 14.7. The molecule has 0 fully saturated rings. The van der Waals surface area contributed by atoms with Gasteiger partial charge in [-0.25, -0.2) is 4.98 Å². The van der Waals surface area contributed by atoms with Crippen molar-refractivity contribution in [2.75, 3.05) is 11.9 Å². The molecule has 0 unspecified atom stereocenters. The summed E-state index contributed by atoms with van der Waals surface area (Å²) in [6.07, 6.45) is 1.14. The fourth-order valence-electron chi connectivity index (χ4n) is 1.91. The van der Waals surface area contributed by atoms with E-state index in [-0.39, 0.29) is 11.6 Å². The quantitative estimate of drug-likeness (QED) is 0.671. The summed E-state index contributed by atoms with van der Waals surface area (Å²) in [5.41, 5.74) is 1.75. The van der Waals surface area contributed by atoms with E-state index in [2.05, 4.69) is 15.3 Å². The van der Waals surface area contributed by atoms with Crippen molar-refractivity contribution in [2.45, 2.75) is 20.8 Å². The molecular formula is C14H16N4O3. The summed E-state index contributed by atoms with van der Waals surface area (Å²) in [6, 6.07) is 5.59. The van der Waals surface area contributed by atoms with E-state index in [4.69, 9.17) is 4.74 Å². The average Bonchev–Trinajstić information content (AvgIpc) is 2.37. The Kier molecular flexibility index (Phi) is 4.32. The van der Waals surface area contributed by atoms with E-state index in [0.29, 0.717) is 18.2 Å². The third kappa shape index (κ3) is 3.65. The molecule has 0 spiro atoms. The van der Waals surface area contributed by atoms with Crippen molar-refractivity contribution >= 4 is 11.6 Å². The van der Waals surface area contributed by atoms with Crippen LogP contribution >= 0.6 is 0 Å². The molecule has 2 rings (SSSR count). The number of ether oxygens (including phenoxy) is 1. The number of rotatable bonds is 5. The molecule has 1 N–H and O–H groups in total. The average molecular weight is 288 g/mol. The van der Waals surface area contributed by atoms with E-state index in [1.807, 2.05) is 26.8 Å². The topological polar surface area (TPSA) is 90.2 Å². The van der Waals surface area contributed by atoms with Crippen LogP contribution in [0, 0.1) is 24.0 Å². The van der Waals surface area contributed by atoms with Gasteiger partial charge in [0.1, 0.15) is 11.9 Å². The van der Waals surface area contributed by atoms with Gasteiger partial charge >= 0.3 is 11.6 Å². The summed E-state index contributed by atoms with van der Waals surface area (Å²) in [4.78, 5) is 18.4. The highest BCUT2D eigenvalue weighted by Crippen LogP contribution is 2.30. The molecule has 1 heterocycles. The molecular weight excluding hydrogens is 272 g/mol. The first-order valence-corrected chi connectivity index (χ1v) is 6.51. The Bertz CT molecular complexity index is 653. The summed E-state index contributed by atoms with van der Waals surface area (Å²) in [5.74, 6) is 0.732. The van der Waals surface area contributed by atoms with Crippen molar-refractivity contribution in [3.63, 3.8) is 0 Å². The van der Waals surface area contributed by atoms with Gasteiger partial charge in [-0.2, -0.15) is 4.98 Å². The third-order valence-electron chi connectivity index (χ3n) is 2.68. The normalized spacial score (nSPS) is 10.2. The minimum Gasteiger partial charge on any atom is -0.434 e. The van der Waals surface area contributed by atoms with Crippen LogP contribution in [0.5, 0.6) is 11.6 Å². The molecule has 0 amide bonds. The van der Waals surface area contributed by atoms with Crippen LogP contribution in [0.4, 0.5) is 11.6 Å². The van der Waals surface area contributed by atoms with Crippen LogP contribution in [-0.2, 0) is 0 Å². The van der Waals surface area contributed by atoms with Crippen LogP contribution in [0.25, 0.3) is 0 Å². The molecule has 0 atom stereocenters. The minimum absolute atomic E-state index is 0.0732. The lowest BCUT2D eigenvalue weighted by Crippen LogP contribution is -2.05. The van der Waals surface area contributed by atoms with Crippen LogP contribution < -0.4 is 10.1 Å². The second kappa shape index (κ2) is 6.17. The van der Waals surface area contributed by atoms with Crippen molar-refractivity contribution in [3.05, 3.63) is 45.6 Å². The standard InChI is InChI=1S/C14H16N4O3/c1-4-15-14-16-8-12(18(19)20)13(17-14)21-11-6-9(2)5-10(3)7-11/h5-8H,4H2,1-3H3,(H,15,16,17). The van der Waals surface area contributed by atoms with Crippen LogP contribution in [0.3, 0.4) is 0 Å². The van der Waals surface area contributed by atoms with Gasteiger partial charge in [0, 0.05) is 6.54 Å². The first-order chi connectivity index (χ1) is 9.99. The summed E-state index contributed by atoms with van der Waals surface area (Å²) in [7, 11) is 0. The molecule has 110 valence electrons. The van der Waals surface area contributed by atoms with Gasteiger partial charge in [0.25, 0.3) is 0 Å².